The zero-order valence-corrected chi connectivity index (χ0v) is 17.9. The molecule has 1 aromatic heterocycles. The number of carbonyl (C=O) groups is 2. The summed E-state index contributed by atoms with van der Waals surface area (Å²) in [6.07, 6.45) is 2.77. The average molecular weight is 410 g/mol. The normalized spacial score (nSPS) is 19.8. The van der Waals surface area contributed by atoms with Crippen LogP contribution in [0.5, 0.6) is 0 Å². The highest BCUT2D eigenvalue weighted by atomic mass is 16.3. The molecular formula is C24H31N3O3. The van der Waals surface area contributed by atoms with E-state index in [4.69, 9.17) is 4.42 Å². The van der Waals surface area contributed by atoms with Crippen LogP contribution < -0.4 is 0 Å². The van der Waals surface area contributed by atoms with E-state index in [2.05, 4.69) is 17.0 Å². The minimum Gasteiger partial charge on any atom is -0.468 e. The predicted octanol–water partition coefficient (Wildman–Crippen LogP) is 2.92. The topological polar surface area (TPSA) is 57.0 Å². The second-order valence-corrected chi connectivity index (χ2v) is 8.79. The van der Waals surface area contributed by atoms with Gasteiger partial charge in [-0.1, -0.05) is 38.1 Å². The van der Waals surface area contributed by atoms with Gasteiger partial charge in [0.2, 0.25) is 11.8 Å². The van der Waals surface area contributed by atoms with Gasteiger partial charge in [-0.25, -0.2) is 0 Å². The summed E-state index contributed by atoms with van der Waals surface area (Å²) in [7, 11) is 0. The third-order valence-corrected chi connectivity index (χ3v) is 6.08. The van der Waals surface area contributed by atoms with E-state index in [0.717, 1.165) is 31.0 Å². The number of benzene rings is 1. The standard InChI is InChI=1S/C24H31N3O3/c1-18(2)14-23(28)27-16-20-7-4-3-6-19(20)15-22(27)24(29)26-11-9-25(10-12-26)17-21-8-5-13-30-21/h3-8,13,18,22H,9-12,14-17H2,1-2H3. The van der Waals surface area contributed by atoms with Gasteiger partial charge in [-0.2, -0.15) is 0 Å². The number of amides is 2. The lowest BCUT2D eigenvalue weighted by Crippen LogP contribution is -2.57. The molecular weight excluding hydrogens is 378 g/mol. The summed E-state index contributed by atoms with van der Waals surface area (Å²) in [6.45, 7) is 8.39. The van der Waals surface area contributed by atoms with Crippen molar-refractivity contribution in [1.29, 1.82) is 0 Å². The molecule has 0 bridgehead atoms. The summed E-state index contributed by atoms with van der Waals surface area (Å²) in [5.74, 6) is 1.38. The molecule has 6 heteroatoms. The van der Waals surface area contributed by atoms with Gasteiger partial charge in [-0.15, -0.1) is 0 Å². The van der Waals surface area contributed by atoms with Crippen molar-refractivity contribution < 1.29 is 14.0 Å². The van der Waals surface area contributed by atoms with E-state index in [-0.39, 0.29) is 17.7 Å². The number of nitrogens with zero attached hydrogens (tertiary/aromatic N) is 3. The van der Waals surface area contributed by atoms with Crippen molar-refractivity contribution in [3.63, 3.8) is 0 Å². The fourth-order valence-electron chi connectivity index (χ4n) is 4.43. The van der Waals surface area contributed by atoms with Crippen LogP contribution in [0.25, 0.3) is 0 Å². The summed E-state index contributed by atoms with van der Waals surface area (Å²) in [5.41, 5.74) is 2.34. The zero-order valence-electron chi connectivity index (χ0n) is 17.9. The molecule has 0 radical (unpaired) electrons. The van der Waals surface area contributed by atoms with E-state index in [0.29, 0.717) is 32.5 Å². The van der Waals surface area contributed by atoms with Gasteiger partial charge in [0, 0.05) is 45.6 Å². The number of rotatable bonds is 5. The highest BCUT2D eigenvalue weighted by Gasteiger charge is 2.37. The first-order valence-electron chi connectivity index (χ1n) is 10.9. The van der Waals surface area contributed by atoms with Gasteiger partial charge in [0.25, 0.3) is 0 Å². The van der Waals surface area contributed by atoms with E-state index in [1.54, 1.807) is 6.26 Å². The van der Waals surface area contributed by atoms with Gasteiger partial charge in [0.15, 0.2) is 0 Å². The molecule has 2 amide bonds. The number of hydrogen-bond donors (Lipinski definition) is 0. The van der Waals surface area contributed by atoms with Crippen LogP contribution in [0, 0.1) is 5.92 Å². The van der Waals surface area contributed by atoms with Crippen molar-refractivity contribution in [2.75, 3.05) is 26.2 Å². The molecule has 2 aliphatic rings. The maximum atomic E-state index is 13.5. The van der Waals surface area contributed by atoms with E-state index in [1.165, 1.54) is 5.56 Å². The van der Waals surface area contributed by atoms with Crippen LogP contribution in [0.4, 0.5) is 0 Å². The highest BCUT2D eigenvalue weighted by Crippen LogP contribution is 2.26. The third kappa shape index (κ3) is 4.59. The summed E-state index contributed by atoms with van der Waals surface area (Å²) in [4.78, 5) is 32.5. The Morgan fingerprint density at radius 3 is 2.43 bits per heavy atom. The quantitative estimate of drug-likeness (QED) is 0.762. The average Bonchev–Trinajstić information content (AvgIpc) is 3.25. The lowest BCUT2D eigenvalue weighted by molar-refractivity contribution is -0.148. The van der Waals surface area contributed by atoms with E-state index in [9.17, 15) is 9.59 Å². The molecule has 6 nitrogen and oxygen atoms in total. The van der Waals surface area contributed by atoms with Crippen LogP contribution >= 0.6 is 0 Å². The molecule has 2 aromatic rings. The number of piperazine rings is 1. The van der Waals surface area contributed by atoms with Crippen LogP contribution in [0.3, 0.4) is 0 Å². The lowest BCUT2D eigenvalue weighted by Gasteiger charge is -2.41. The smallest absolute Gasteiger partial charge is 0.245 e. The van der Waals surface area contributed by atoms with E-state index < -0.39 is 6.04 Å². The largest absolute Gasteiger partial charge is 0.468 e. The fourth-order valence-corrected chi connectivity index (χ4v) is 4.43. The minimum atomic E-state index is -0.400. The van der Waals surface area contributed by atoms with Crippen LogP contribution in [-0.4, -0.2) is 58.7 Å². The number of carbonyl (C=O) groups excluding carboxylic acids is 2. The summed E-state index contributed by atoms with van der Waals surface area (Å²) < 4.78 is 5.44. The van der Waals surface area contributed by atoms with Gasteiger partial charge < -0.3 is 14.2 Å². The minimum absolute atomic E-state index is 0.0781. The van der Waals surface area contributed by atoms with Gasteiger partial charge in [0.1, 0.15) is 11.8 Å². The number of fused-ring (bicyclic) bond motifs is 1. The molecule has 1 atom stereocenters. The molecule has 0 saturated carbocycles. The number of furan rings is 1. The Labute approximate surface area is 178 Å². The molecule has 160 valence electrons. The summed E-state index contributed by atoms with van der Waals surface area (Å²) >= 11 is 0. The first kappa shape index (κ1) is 20.7. The summed E-state index contributed by atoms with van der Waals surface area (Å²) in [5, 5.41) is 0. The van der Waals surface area contributed by atoms with Crippen molar-refractivity contribution >= 4 is 11.8 Å². The molecule has 4 rings (SSSR count). The van der Waals surface area contributed by atoms with Crippen LogP contribution in [-0.2, 0) is 29.1 Å². The van der Waals surface area contributed by atoms with Crippen molar-refractivity contribution in [3.05, 3.63) is 59.5 Å². The molecule has 30 heavy (non-hydrogen) atoms. The Bertz CT molecular complexity index is 870. The van der Waals surface area contributed by atoms with Crippen molar-refractivity contribution in [2.45, 2.75) is 45.8 Å². The zero-order chi connectivity index (χ0) is 21.1. The SMILES string of the molecule is CC(C)CC(=O)N1Cc2ccccc2CC1C(=O)N1CCN(Cc2ccco2)CC1. The highest BCUT2D eigenvalue weighted by molar-refractivity contribution is 5.88. The van der Waals surface area contributed by atoms with Gasteiger partial charge in [0.05, 0.1) is 12.8 Å². The number of hydrogen-bond acceptors (Lipinski definition) is 4. The van der Waals surface area contributed by atoms with Crippen LogP contribution in [0.15, 0.2) is 47.1 Å². The van der Waals surface area contributed by atoms with Gasteiger partial charge in [-0.3, -0.25) is 14.5 Å². The van der Waals surface area contributed by atoms with Gasteiger partial charge >= 0.3 is 0 Å². The molecule has 0 N–H and O–H groups in total. The molecule has 0 aliphatic carbocycles. The van der Waals surface area contributed by atoms with E-state index in [1.807, 2.05) is 47.9 Å². The maximum Gasteiger partial charge on any atom is 0.245 e. The molecule has 1 unspecified atom stereocenters. The first-order chi connectivity index (χ1) is 14.5. The van der Waals surface area contributed by atoms with Crippen LogP contribution in [0.2, 0.25) is 0 Å². The van der Waals surface area contributed by atoms with E-state index >= 15 is 0 Å². The fraction of sp³-hybridized carbons (Fsp3) is 0.500. The molecule has 3 heterocycles. The van der Waals surface area contributed by atoms with Crippen molar-refractivity contribution in [2.24, 2.45) is 5.92 Å². The second-order valence-electron chi connectivity index (χ2n) is 8.79. The molecule has 1 fully saturated rings. The Morgan fingerprint density at radius 1 is 1.03 bits per heavy atom. The first-order valence-corrected chi connectivity index (χ1v) is 10.9. The molecule has 2 aliphatic heterocycles. The Hall–Kier alpha value is -2.60. The predicted molar refractivity (Wildman–Crippen MR) is 115 cm³/mol. The summed E-state index contributed by atoms with van der Waals surface area (Å²) in [6, 6.07) is 11.7. The lowest BCUT2D eigenvalue weighted by atomic mass is 9.92. The van der Waals surface area contributed by atoms with Crippen molar-refractivity contribution in [1.82, 2.24) is 14.7 Å². The second kappa shape index (κ2) is 9.04. The van der Waals surface area contributed by atoms with Gasteiger partial charge in [-0.05, 0) is 29.2 Å². The van der Waals surface area contributed by atoms with Crippen LogP contribution in [0.1, 0.15) is 37.2 Å². The van der Waals surface area contributed by atoms with Crippen molar-refractivity contribution in [3.8, 4) is 0 Å². The third-order valence-electron chi connectivity index (χ3n) is 6.08. The molecule has 1 saturated heterocycles. The Balaban J connectivity index is 1.44. The monoisotopic (exact) mass is 409 g/mol. The Morgan fingerprint density at radius 2 is 1.77 bits per heavy atom. The Kier molecular flexibility index (Phi) is 6.23. The maximum absolute atomic E-state index is 13.5. The molecule has 0 spiro atoms. The molecule has 1 aromatic carbocycles.